The van der Waals surface area contributed by atoms with Crippen molar-refractivity contribution in [1.82, 2.24) is 14.8 Å². The maximum absolute atomic E-state index is 13.1. The molecule has 3 saturated heterocycles. The molecule has 0 spiro atoms. The molecular formula is C19H27N3O3. The Morgan fingerprint density at radius 1 is 1.16 bits per heavy atom. The number of rotatable bonds is 4. The lowest BCUT2D eigenvalue weighted by Gasteiger charge is -2.38. The highest BCUT2D eigenvalue weighted by atomic mass is 16.5. The van der Waals surface area contributed by atoms with Crippen LogP contribution in [0.3, 0.4) is 0 Å². The lowest BCUT2D eigenvalue weighted by Crippen LogP contribution is -2.52. The molecule has 0 saturated carbocycles. The van der Waals surface area contributed by atoms with Crippen molar-refractivity contribution < 1.29 is 14.3 Å². The van der Waals surface area contributed by atoms with Crippen molar-refractivity contribution in [1.29, 1.82) is 0 Å². The van der Waals surface area contributed by atoms with Crippen molar-refractivity contribution in [2.75, 3.05) is 46.1 Å². The van der Waals surface area contributed by atoms with Crippen LogP contribution in [0.1, 0.15) is 18.4 Å². The monoisotopic (exact) mass is 345 g/mol. The molecule has 1 amide bonds. The molecule has 4 rings (SSSR count). The van der Waals surface area contributed by atoms with Gasteiger partial charge in [-0.15, -0.1) is 0 Å². The molecule has 0 radical (unpaired) electrons. The van der Waals surface area contributed by atoms with Gasteiger partial charge in [-0.1, -0.05) is 6.07 Å². The normalized spacial score (nSPS) is 30.7. The zero-order valence-electron chi connectivity index (χ0n) is 14.7. The van der Waals surface area contributed by atoms with E-state index in [1.54, 1.807) is 6.20 Å². The van der Waals surface area contributed by atoms with Gasteiger partial charge in [0.2, 0.25) is 5.91 Å². The van der Waals surface area contributed by atoms with Crippen LogP contribution in [0.4, 0.5) is 0 Å². The van der Waals surface area contributed by atoms with Crippen LogP contribution in [-0.2, 0) is 20.7 Å². The summed E-state index contributed by atoms with van der Waals surface area (Å²) in [4.78, 5) is 22.0. The summed E-state index contributed by atoms with van der Waals surface area (Å²) in [6, 6.07) is 4.72. The standard InChI is InChI=1S/C19H27N3O3/c23-19(16-4-9-25-14-16)22-6-3-17(21-7-10-24-11-8-21)18(22)12-15-2-1-5-20-13-15/h1-2,5,13,16-18H,3-4,6-12,14H2/t16?,17-,18+/m0/s1. The van der Waals surface area contributed by atoms with Gasteiger partial charge >= 0.3 is 0 Å². The fourth-order valence-electron chi connectivity index (χ4n) is 4.42. The summed E-state index contributed by atoms with van der Waals surface area (Å²) in [5.41, 5.74) is 1.20. The average molecular weight is 345 g/mol. The molecule has 3 atom stereocenters. The Labute approximate surface area is 149 Å². The molecule has 3 fully saturated rings. The van der Waals surface area contributed by atoms with Gasteiger partial charge in [-0.3, -0.25) is 14.7 Å². The van der Waals surface area contributed by atoms with E-state index >= 15 is 0 Å². The third kappa shape index (κ3) is 3.71. The van der Waals surface area contributed by atoms with E-state index in [2.05, 4.69) is 20.9 Å². The summed E-state index contributed by atoms with van der Waals surface area (Å²) in [5.74, 6) is 0.321. The van der Waals surface area contributed by atoms with Crippen molar-refractivity contribution in [2.45, 2.75) is 31.3 Å². The molecule has 1 aromatic heterocycles. The van der Waals surface area contributed by atoms with Gasteiger partial charge in [-0.05, 0) is 30.9 Å². The van der Waals surface area contributed by atoms with Gasteiger partial charge in [0.25, 0.3) is 0 Å². The Morgan fingerprint density at radius 3 is 2.76 bits per heavy atom. The molecule has 1 unspecified atom stereocenters. The second kappa shape index (κ2) is 7.81. The maximum Gasteiger partial charge on any atom is 0.228 e. The second-order valence-corrected chi connectivity index (χ2v) is 7.23. The van der Waals surface area contributed by atoms with E-state index in [1.807, 2.05) is 12.3 Å². The third-order valence-corrected chi connectivity index (χ3v) is 5.75. The Balaban J connectivity index is 1.53. The Kier molecular flexibility index (Phi) is 5.29. The largest absolute Gasteiger partial charge is 0.381 e. The fourth-order valence-corrected chi connectivity index (χ4v) is 4.42. The molecule has 6 heteroatoms. The molecule has 1 aromatic rings. The first-order valence-corrected chi connectivity index (χ1v) is 9.42. The molecule has 0 aliphatic carbocycles. The minimum atomic E-state index is 0.0415. The Morgan fingerprint density at radius 2 is 2.04 bits per heavy atom. The number of likely N-dealkylation sites (tertiary alicyclic amines) is 1. The van der Waals surface area contributed by atoms with E-state index in [0.717, 1.165) is 52.1 Å². The highest BCUT2D eigenvalue weighted by Gasteiger charge is 2.42. The zero-order valence-corrected chi connectivity index (χ0v) is 14.7. The molecule has 3 aliphatic heterocycles. The van der Waals surface area contributed by atoms with Crippen molar-refractivity contribution >= 4 is 5.91 Å². The van der Waals surface area contributed by atoms with Gasteiger partial charge in [-0.2, -0.15) is 0 Å². The molecule has 6 nitrogen and oxygen atoms in total. The van der Waals surface area contributed by atoms with E-state index in [0.29, 0.717) is 19.3 Å². The second-order valence-electron chi connectivity index (χ2n) is 7.23. The topological polar surface area (TPSA) is 54.9 Å². The minimum absolute atomic E-state index is 0.0415. The number of morpholine rings is 1. The molecule has 136 valence electrons. The van der Waals surface area contributed by atoms with Crippen LogP contribution in [0, 0.1) is 5.92 Å². The smallest absolute Gasteiger partial charge is 0.228 e. The van der Waals surface area contributed by atoms with Crippen LogP contribution in [-0.4, -0.2) is 78.8 Å². The first-order valence-electron chi connectivity index (χ1n) is 9.42. The van der Waals surface area contributed by atoms with Gasteiger partial charge in [0.05, 0.1) is 31.8 Å². The number of hydrogen-bond acceptors (Lipinski definition) is 5. The van der Waals surface area contributed by atoms with Crippen LogP contribution in [0.15, 0.2) is 24.5 Å². The predicted molar refractivity (Wildman–Crippen MR) is 93.2 cm³/mol. The lowest BCUT2D eigenvalue weighted by molar-refractivity contribution is -0.137. The molecule has 4 heterocycles. The number of carbonyl (C=O) groups is 1. The van der Waals surface area contributed by atoms with Crippen LogP contribution >= 0.6 is 0 Å². The number of ether oxygens (including phenoxy) is 2. The summed E-state index contributed by atoms with van der Waals surface area (Å²) in [5, 5.41) is 0. The van der Waals surface area contributed by atoms with E-state index in [9.17, 15) is 4.79 Å². The van der Waals surface area contributed by atoms with Crippen LogP contribution in [0.5, 0.6) is 0 Å². The molecule has 0 bridgehead atoms. The minimum Gasteiger partial charge on any atom is -0.381 e. The van der Waals surface area contributed by atoms with Crippen LogP contribution in [0.2, 0.25) is 0 Å². The third-order valence-electron chi connectivity index (χ3n) is 5.75. The predicted octanol–water partition coefficient (Wildman–Crippen LogP) is 0.962. The zero-order chi connectivity index (χ0) is 17.1. The number of pyridine rings is 1. The summed E-state index contributed by atoms with van der Waals surface area (Å²) >= 11 is 0. The van der Waals surface area contributed by atoms with E-state index in [1.165, 1.54) is 5.56 Å². The van der Waals surface area contributed by atoms with Crippen LogP contribution < -0.4 is 0 Å². The SMILES string of the molecule is O=C(C1CCOC1)N1CC[C@H](N2CCOCC2)[C@H]1Cc1cccnc1. The molecule has 3 aliphatic rings. The van der Waals surface area contributed by atoms with Crippen molar-refractivity contribution in [3.8, 4) is 0 Å². The number of amides is 1. The highest BCUT2D eigenvalue weighted by molar-refractivity contribution is 5.80. The first-order chi connectivity index (χ1) is 12.3. The van der Waals surface area contributed by atoms with E-state index in [-0.39, 0.29) is 17.9 Å². The van der Waals surface area contributed by atoms with E-state index < -0.39 is 0 Å². The molecule has 0 N–H and O–H groups in total. The van der Waals surface area contributed by atoms with Crippen molar-refractivity contribution in [3.05, 3.63) is 30.1 Å². The Bertz CT molecular complexity index is 571. The maximum atomic E-state index is 13.1. The summed E-state index contributed by atoms with van der Waals surface area (Å²) in [6.45, 7) is 5.65. The molecular weight excluding hydrogens is 318 g/mol. The van der Waals surface area contributed by atoms with Gasteiger partial charge in [0.15, 0.2) is 0 Å². The molecule has 0 aromatic carbocycles. The fraction of sp³-hybridized carbons (Fsp3) is 0.684. The first kappa shape index (κ1) is 16.9. The summed E-state index contributed by atoms with van der Waals surface area (Å²) in [6.07, 6.45) is 6.50. The van der Waals surface area contributed by atoms with Gasteiger partial charge in [-0.25, -0.2) is 0 Å². The highest BCUT2D eigenvalue weighted by Crippen LogP contribution is 2.29. The summed E-state index contributed by atoms with van der Waals surface area (Å²) in [7, 11) is 0. The lowest BCUT2D eigenvalue weighted by atomic mass is 9.98. The number of carbonyl (C=O) groups excluding carboxylic acids is 1. The van der Waals surface area contributed by atoms with Gasteiger partial charge < -0.3 is 14.4 Å². The number of aromatic nitrogens is 1. The van der Waals surface area contributed by atoms with Gasteiger partial charge in [0.1, 0.15) is 0 Å². The number of nitrogens with zero attached hydrogens (tertiary/aromatic N) is 3. The average Bonchev–Trinajstić information content (AvgIpc) is 3.33. The Hall–Kier alpha value is -1.50. The molecule has 25 heavy (non-hydrogen) atoms. The summed E-state index contributed by atoms with van der Waals surface area (Å²) < 4.78 is 11.0. The number of hydrogen-bond donors (Lipinski definition) is 0. The van der Waals surface area contributed by atoms with E-state index in [4.69, 9.17) is 9.47 Å². The van der Waals surface area contributed by atoms with Gasteiger partial charge in [0, 0.05) is 44.7 Å². The van der Waals surface area contributed by atoms with Crippen molar-refractivity contribution in [3.63, 3.8) is 0 Å². The van der Waals surface area contributed by atoms with Crippen molar-refractivity contribution in [2.24, 2.45) is 5.92 Å². The quantitative estimate of drug-likeness (QED) is 0.814. The van der Waals surface area contributed by atoms with Crippen LogP contribution in [0.25, 0.3) is 0 Å².